The molecule has 2 N–H and O–H groups in total. The number of hydrogen-bond acceptors (Lipinski definition) is 3. The number of carbonyl (C=O) groups is 1. The van der Waals surface area contributed by atoms with Gasteiger partial charge < -0.3 is 5.11 Å². The molecule has 0 saturated carbocycles. The third-order valence-corrected chi connectivity index (χ3v) is 3.01. The van der Waals surface area contributed by atoms with E-state index in [4.69, 9.17) is 11.5 Å². The minimum Gasteiger partial charge on any atom is -0.480 e. The zero-order valence-electron chi connectivity index (χ0n) is 8.60. The Bertz CT molecular complexity index is 355. The number of aliphatic carboxylic acids is 1. The van der Waals surface area contributed by atoms with Crippen LogP contribution in [0.1, 0.15) is 13.8 Å². The van der Waals surface area contributed by atoms with Crippen LogP contribution in [0.15, 0.2) is 0 Å². The van der Waals surface area contributed by atoms with Crippen LogP contribution in [-0.2, 0) is 15.0 Å². The molecule has 0 atom stereocenters. The molecule has 0 aliphatic rings. The number of nitrogens with zero attached hydrogens (tertiary/aromatic N) is 1. The van der Waals surface area contributed by atoms with Crippen molar-refractivity contribution < 1.29 is 18.3 Å². The van der Waals surface area contributed by atoms with Gasteiger partial charge in [0, 0.05) is 6.04 Å². The lowest BCUT2D eigenvalue weighted by molar-refractivity contribution is -0.137. The molecular weight excluding hydrogens is 220 g/mol. The van der Waals surface area contributed by atoms with Crippen molar-refractivity contribution in [2.75, 3.05) is 13.1 Å². The van der Waals surface area contributed by atoms with E-state index in [1.165, 1.54) is 0 Å². The Labute approximate surface area is 89.5 Å². The SMILES string of the molecule is C#CCN(CC(=O)O)S(=O)(=O)NC(C)C. The van der Waals surface area contributed by atoms with E-state index in [0.29, 0.717) is 4.31 Å². The van der Waals surface area contributed by atoms with Crippen LogP contribution in [-0.4, -0.2) is 42.9 Å². The number of carboxylic acid groups (broad SMARTS) is 1. The lowest BCUT2D eigenvalue weighted by Crippen LogP contribution is -2.45. The zero-order chi connectivity index (χ0) is 12.1. The van der Waals surface area contributed by atoms with Gasteiger partial charge in [-0.05, 0) is 13.8 Å². The van der Waals surface area contributed by atoms with E-state index in [1.54, 1.807) is 13.8 Å². The fourth-order valence-electron chi connectivity index (χ4n) is 0.851. The maximum absolute atomic E-state index is 11.5. The number of nitrogens with one attached hydrogen (secondary N) is 1. The lowest BCUT2D eigenvalue weighted by Gasteiger charge is -2.19. The fraction of sp³-hybridized carbons (Fsp3) is 0.625. The monoisotopic (exact) mass is 234 g/mol. The average molecular weight is 234 g/mol. The summed E-state index contributed by atoms with van der Waals surface area (Å²) in [7, 11) is -3.82. The highest BCUT2D eigenvalue weighted by molar-refractivity contribution is 7.87. The van der Waals surface area contributed by atoms with E-state index in [2.05, 4.69) is 10.6 Å². The normalized spacial score (nSPS) is 11.7. The van der Waals surface area contributed by atoms with Crippen molar-refractivity contribution in [1.29, 1.82) is 0 Å². The molecule has 0 aromatic heterocycles. The van der Waals surface area contributed by atoms with Crippen LogP contribution in [0.3, 0.4) is 0 Å². The van der Waals surface area contributed by atoms with Gasteiger partial charge in [0.25, 0.3) is 10.2 Å². The van der Waals surface area contributed by atoms with Crippen LogP contribution in [0.25, 0.3) is 0 Å². The van der Waals surface area contributed by atoms with Crippen LogP contribution in [0.5, 0.6) is 0 Å². The average Bonchev–Trinajstić information content (AvgIpc) is 2.00. The Kier molecular flexibility index (Phi) is 5.28. The van der Waals surface area contributed by atoms with Gasteiger partial charge in [-0.25, -0.2) is 0 Å². The summed E-state index contributed by atoms with van der Waals surface area (Å²) in [5.74, 6) is 0.845. The minimum atomic E-state index is -3.82. The highest BCUT2D eigenvalue weighted by atomic mass is 32.2. The second-order valence-corrected chi connectivity index (χ2v) is 4.85. The molecule has 15 heavy (non-hydrogen) atoms. The Morgan fingerprint density at radius 2 is 2.13 bits per heavy atom. The fourth-order valence-corrected chi connectivity index (χ4v) is 2.12. The molecule has 0 spiro atoms. The highest BCUT2D eigenvalue weighted by Gasteiger charge is 2.23. The number of hydrogen-bond donors (Lipinski definition) is 2. The molecule has 0 aromatic carbocycles. The van der Waals surface area contributed by atoms with Gasteiger partial charge in [-0.3, -0.25) is 4.79 Å². The molecular formula is C8H14N2O4S. The molecule has 0 aromatic rings. The topological polar surface area (TPSA) is 86.7 Å². The van der Waals surface area contributed by atoms with Crippen molar-refractivity contribution >= 4 is 16.2 Å². The third kappa shape index (κ3) is 5.37. The molecule has 6 nitrogen and oxygen atoms in total. The molecule has 0 amide bonds. The molecule has 0 aliphatic heterocycles. The summed E-state index contributed by atoms with van der Waals surface area (Å²) in [6, 6.07) is -0.316. The molecule has 0 saturated heterocycles. The maximum Gasteiger partial charge on any atom is 0.318 e. The first kappa shape index (κ1) is 13.9. The van der Waals surface area contributed by atoms with Crippen molar-refractivity contribution in [3.8, 4) is 12.3 Å². The van der Waals surface area contributed by atoms with Crippen molar-refractivity contribution in [3.05, 3.63) is 0 Å². The predicted molar refractivity (Wildman–Crippen MR) is 55.2 cm³/mol. The second-order valence-electron chi connectivity index (χ2n) is 3.14. The van der Waals surface area contributed by atoms with E-state index in [0.717, 1.165) is 0 Å². The summed E-state index contributed by atoms with van der Waals surface area (Å²) >= 11 is 0. The van der Waals surface area contributed by atoms with Crippen molar-refractivity contribution in [2.24, 2.45) is 0 Å². The number of terminal acetylenes is 1. The quantitative estimate of drug-likeness (QED) is 0.592. The van der Waals surface area contributed by atoms with Crippen LogP contribution >= 0.6 is 0 Å². The Hall–Kier alpha value is -1.10. The molecule has 0 heterocycles. The first-order valence-electron chi connectivity index (χ1n) is 4.22. The summed E-state index contributed by atoms with van der Waals surface area (Å²) < 4.78 is 26.0. The summed E-state index contributed by atoms with van der Waals surface area (Å²) in [6.07, 6.45) is 4.96. The van der Waals surface area contributed by atoms with Gasteiger partial charge in [-0.15, -0.1) is 6.42 Å². The predicted octanol–water partition coefficient (Wildman–Crippen LogP) is -0.751. The summed E-state index contributed by atoms with van der Waals surface area (Å²) in [5.41, 5.74) is 0. The van der Waals surface area contributed by atoms with Crippen LogP contribution in [0.2, 0.25) is 0 Å². The van der Waals surface area contributed by atoms with E-state index in [1.807, 2.05) is 0 Å². The van der Waals surface area contributed by atoms with Crippen LogP contribution < -0.4 is 4.72 Å². The first-order valence-corrected chi connectivity index (χ1v) is 5.66. The van der Waals surface area contributed by atoms with E-state index in [-0.39, 0.29) is 12.6 Å². The molecule has 0 aliphatic carbocycles. The Morgan fingerprint density at radius 1 is 1.60 bits per heavy atom. The summed E-state index contributed by atoms with van der Waals surface area (Å²) in [4.78, 5) is 10.4. The summed E-state index contributed by atoms with van der Waals surface area (Å²) in [5, 5.41) is 8.51. The van der Waals surface area contributed by atoms with Crippen molar-refractivity contribution in [2.45, 2.75) is 19.9 Å². The molecule has 86 valence electrons. The Balaban J connectivity index is 4.75. The molecule has 0 radical (unpaired) electrons. The largest absolute Gasteiger partial charge is 0.480 e. The van der Waals surface area contributed by atoms with E-state index < -0.39 is 22.7 Å². The van der Waals surface area contributed by atoms with E-state index in [9.17, 15) is 13.2 Å². The molecule has 0 rings (SSSR count). The molecule has 0 fully saturated rings. The van der Waals surface area contributed by atoms with Gasteiger partial charge in [0.2, 0.25) is 0 Å². The maximum atomic E-state index is 11.5. The van der Waals surface area contributed by atoms with Crippen molar-refractivity contribution in [3.63, 3.8) is 0 Å². The van der Waals surface area contributed by atoms with E-state index >= 15 is 0 Å². The lowest BCUT2D eigenvalue weighted by atomic mass is 10.4. The van der Waals surface area contributed by atoms with Gasteiger partial charge in [0.1, 0.15) is 6.54 Å². The molecule has 0 bridgehead atoms. The zero-order valence-corrected chi connectivity index (χ0v) is 9.41. The van der Waals surface area contributed by atoms with Gasteiger partial charge in [-0.1, -0.05) is 5.92 Å². The van der Waals surface area contributed by atoms with Gasteiger partial charge in [-0.2, -0.15) is 17.4 Å². The highest BCUT2D eigenvalue weighted by Crippen LogP contribution is 1.98. The molecule has 7 heteroatoms. The Morgan fingerprint density at radius 3 is 2.47 bits per heavy atom. The van der Waals surface area contributed by atoms with Crippen molar-refractivity contribution in [1.82, 2.24) is 9.03 Å². The number of carboxylic acids is 1. The molecule has 0 unspecified atom stereocenters. The second kappa shape index (κ2) is 5.70. The number of rotatable bonds is 6. The smallest absolute Gasteiger partial charge is 0.318 e. The summed E-state index contributed by atoms with van der Waals surface area (Å²) in [6.45, 7) is 2.35. The van der Waals surface area contributed by atoms with Gasteiger partial charge in [0.05, 0.1) is 6.54 Å². The minimum absolute atomic E-state index is 0.269. The van der Waals surface area contributed by atoms with Gasteiger partial charge in [0.15, 0.2) is 0 Å². The van der Waals surface area contributed by atoms with Crippen LogP contribution in [0.4, 0.5) is 0 Å². The van der Waals surface area contributed by atoms with Gasteiger partial charge >= 0.3 is 5.97 Å². The first-order chi connectivity index (χ1) is 6.79. The standard InChI is InChI=1S/C8H14N2O4S/c1-4-5-10(6-8(11)12)15(13,14)9-7(2)3/h1,7,9H,5-6H2,2-3H3,(H,11,12). The van der Waals surface area contributed by atoms with Crippen LogP contribution in [0, 0.1) is 12.3 Å². The third-order valence-electron chi connectivity index (χ3n) is 1.30.